The summed E-state index contributed by atoms with van der Waals surface area (Å²) in [6.45, 7) is 5.04. The molecule has 40 heavy (non-hydrogen) atoms. The first-order valence-corrected chi connectivity index (χ1v) is 13.4. The van der Waals surface area contributed by atoms with Crippen molar-refractivity contribution in [1.82, 2.24) is 4.57 Å². The van der Waals surface area contributed by atoms with E-state index in [0.717, 1.165) is 16.5 Å². The number of aliphatic hydroxyl groups excluding tert-OH is 1. The number of rotatable bonds is 13. The van der Waals surface area contributed by atoms with Crippen molar-refractivity contribution in [1.29, 1.82) is 0 Å². The number of hydrogen-bond acceptors (Lipinski definition) is 8. The Balaban J connectivity index is 1.68. The van der Waals surface area contributed by atoms with E-state index in [1.165, 1.54) is 13.0 Å². The molecule has 2 heterocycles. The van der Waals surface area contributed by atoms with E-state index >= 15 is 0 Å². The molecular weight excluding hydrogens is 516 g/mol. The van der Waals surface area contributed by atoms with Crippen molar-refractivity contribution in [3.05, 3.63) is 72.1 Å². The monoisotopic (exact) mass is 552 g/mol. The van der Waals surface area contributed by atoms with E-state index in [2.05, 4.69) is 5.32 Å². The maximum atomic E-state index is 13.3. The highest BCUT2D eigenvalue weighted by Crippen LogP contribution is 2.42. The van der Waals surface area contributed by atoms with Crippen LogP contribution in [0.4, 0.5) is 5.69 Å². The summed E-state index contributed by atoms with van der Waals surface area (Å²) in [5.41, 5.74) is 1.89. The lowest BCUT2D eigenvalue weighted by atomic mass is 9.81. The first-order valence-electron chi connectivity index (χ1n) is 13.4. The van der Waals surface area contributed by atoms with Gasteiger partial charge in [0, 0.05) is 43.6 Å². The number of nitrogens with zero attached hydrogens (tertiary/aromatic N) is 1. The van der Waals surface area contributed by atoms with E-state index in [1.807, 2.05) is 37.4 Å². The normalized spacial score (nSPS) is 18.8. The number of phenolic OH excluding ortho intramolecular Hbond substituents is 1. The zero-order valence-electron chi connectivity index (χ0n) is 22.7. The van der Waals surface area contributed by atoms with Gasteiger partial charge in [0.2, 0.25) is 12.2 Å². The zero-order chi connectivity index (χ0) is 28.5. The number of carbonyl (C=O) groups excluding carboxylic acids is 2. The molecule has 1 aliphatic heterocycles. The van der Waals surface area contributed by atoms with Crippen molar-refractivity contribution in [3.8, 4) is 5.75 Å². The molecule has 0 radical (unpaired) electrons. The van der Waals surface area contributed by atoms with Gasteiger partial charge in [0.1, 0.15) is 5.75 Å². The van der Waals surface area contributed by atoms with Crippen molar-refractivity contribution in [2.75, 3.05) is 45.0 Å². The maximum absolute atomic E-state index is 13.3. The summed E-state index contributed by atoms with van der Waals surface area (Å²) in [4.78, 5) is 25.8. The van der Waals surface area contributed by atoms with Crippen LogP contribution in [0.3, 0.4) is 0 Å². The van der Waals surface area contributed by atoms with Crippen molar-refractivity contribution in [2.45, 2.75) is 32.5 Å². The van der Waals surface area contributed by atoms with E-state index in [1.54, 1.807) is 28.8 Å². The van der Waals surface area contributed by atoms with Gasteiger partial charge in [-0.3, -0.25) is 14.2 Å². The van der Waals surface area contributed by atoms with Gasteiger partial charge in [-0.2, -0.15) is 0 Å². The second-order valence-electron chi connectivity index (χ2n) is 9.36. The first kappa shape index (κ1) is 29.3. The molecule has 0 unspecified atom stereocenters. The van der Waals surface area contributed by atoms with E-state index in [0.29, 0.717) is 32.8 Å². The Labute approximate surface area is 233 Å². The number of para-hydroxylation sites is 3. The standard InChI is InChI=1S/C30H36N2O8/c1-3-39-30-22(12-14-37-16-17-38-15-13-33)23(24-19-32(20(2)34)26-10-6-4-8-21(24)26)18-28(40-30)29(36)31-25-9-5-7-11-27(25)35/h4-11,18-19,22-23,30,33,35H,3,12-17H2,1-2H3,(H,31,36)/t22-,23-,30+/m1/s1. The Hall–Kier alpha value is -3.70. The first-order chi connectivity index (χ1) is 19.4. The molecule has 1 aliphatic rings. The topological polar surface area (TPSA) is 128 Å². The van der Waals surface area contributed by atoms with Gasteiger partial charge in [0.05, 0.1) is 37.6 Å². The van der Waals surface area contributed by atoms with Crippen LogP contribution in [-0.2, 0) is 23.7 Å². The van der Waals surface area contributed by atoms with Crippen molar-refractivity contribution < 1.29 is 38.7 Å². The molecule has 1 aromatic heterocycles. The molecule has 3 atom stereocenters. The number of phenols is 1. The SMILES string of the molecule is CCO[C@H]1OC(C(=O)Nc2ccccc2O)=C[C@@H](c2cn(C(C)=O)c3ccccc23)[C@H]1CCOCCOCCO. The highest BCUT2D eigenvalue weighted by Gasteiger charge is 2.39. The van der Waals surface area contributed by atoms with Gasteiger partial charge in [0.15, 0.2) is 5.76 Å². The van der Waals surface area contributed by atoms with E-state index in [4.69, 9.17) is 24.1 Å². The molecular formula is C30H36N2O8. The van der Waals surface area contributed by atoms with E-state index in [-0.39, 0.29) is 48.2 Å². The fraction of sp³-hybridized carbons (Fsp3) is 0.400. The minimum atomic E-state index is -0.765. The fourth-order valence-electron chi connectivity index (χ4n) is 4.90. The summed E-state index contributed by atoms with van der Waals surface area (Å²) in [6.07, 6.45) is 3.35. The molecule has 0 saturated heterocycles. The van der Waals surface area contributed by atoms with Gasteiger partial charge in [0.25, 0.3) is 5.91 Å². The second-order valence-corrected chi connectivity index (χ2v) is 9.36. The number of aromatic nitrogens is 1. The van der Waals surface area contributed by atoms with Crippen LogP contribution in [0.1, 0.15) is 36.5 Å². The predicted molar refractivity (Wildman–Crippen MR) is 149 cm³/mol. The molecule has 0 saturated carbocycles. The molecule has 0 fully saturated rings. The number of anilines is 1. The third-order valence-electron chi connectivity index (χ3n) is 6.74. The number of allylic oxidation sites excluding steroid dienone is 1. The molecule has 3 N–H and O–H groups in total. The van der Waals surface area contributed by atoms with Crippen molar-refractivity contribution in [2.24, 2.45) is 5.92 Å². The van der Waals surface area contributed by atoms with Gasteiger partial charge < -0.3 is 34.5 Å². The molecule has 214 valence electrons. The van der Waals surface area contributed by atoms with E-state index < -0.39 is 12.2 Å². The molecule has 0 aliphatic carbocycles. The summed E-state index contributed by atoms with van der Waals surface area (Å²) in [6, 6.07) is 14.1. The largest absolute Gasteiger partial charge is 0.506 e. The van der Waals surface area contributed by atoms with Crippen LogP contribution < -0.4 is 5.32 Å². The number of benzene rings is 2. The lowest BCUT2D eigenvalue weighted by molar-refractivity contribution is -0.166. The quantitative estimate of drug-likeness (QED) is 0.214. The van der Waals surface area contributed by atoms with Crippen LogP contribution in [0.2, 0.25) is 0 Å². The number of nitrogens with one attached hydrogen (secondary N) is 1. The van der Waals surface area contributed by atoms with Crippen LogP contribution in [-0.4, -0.2) is 72.5 Å². The Morgan fingerprint density at radius 1 is 1.02 bits per heavy atom. The summed E-state index contributed by atoms with van der Waals surface area (Å²) in [5, 5.41) is 22.6. The van der Waals surface area contributed by atoms with Crippen LogP contribution in [0, 0.1) is 5.92 Å². The van der Waals surface area contributed by atoms with Crippen LogP contribution >= 0.6 is 0 Å². The second kappa shape index (κ2) is 14.1. The third kappa shape index (κ3) is 6.89. The molecule has 2 aromatic carbocycles. The van der Waals surface area contributed by atoms with Crippen LogP contribution in [0.5, 0.6) is 5.75 Å². The highest BCUT2D eigenvalue weighted by molar-refractivity contribution is 6.03. The Morgan fingerprint density at radius 2 is 1.75 bits per heavy atom. The molecule has 0 bridgehead atoms. The summed E-state index contributed by atoms with van der Waals surface area (Å²) in [7, 11) is 0. The van der Waals surface area contributed by atoms with Gasteiger partial charge in [-0.25, -0.2) is 0 Å². The third-order valence-corrected chi connectivity index (χ3v) is 6.74. The number of hydrogen-bond donors (Lipinski definition) is 3. The van der Waals surface area contributed by atoms with Crippen molar-refractivity contribution >= 4 is 28.4 Å². The molecule has 10 nitrogen and oxygen atoms in total. The molecule has 10 heteroatoms. The lowest BCUT2D eigenvalue weighted by Gasteiger charge is -2.36. The summed E-state index contributed by atoms with van der Waals surface area (Å²) >= 11 is 0. The van der Waals surface area contributed by atoms with Gasteiger partial charge in [-0.15, -0.1) is 0 Å². The maximum Gasteiger partial charge on any atom is 0.290 e. The van der Waals surface area contributed by atoms with E-state index in [9.17, 15) is 14.7 Å². The van der Waals surface area contributed by atoms with Crippen LogP contribution in [0.25, 0.3) is 10.9 Å². The number of ether oxygens (including phenoxy) is 4. The number of aromatic hydroxyl groups is 1. The lowest BCUT2D eigenvalue weighted by Crippen LogP contribution is -2.38. The Bertz CT molecular complexity index is 1330. The van der Waals surface area contributed by atoms with Gasteiger partial charge >= 0.3 is 0 Å². The number of amides is 1. The highest BCUT2D eigenvalue weighted by atomic mass is 16.7. The van der Waals surface area contributed by atoms with Gasteiger partial charge in [-0.05, 0) is 43.2 Å². The number of aliphatic hydroxyl groups is 1. The summed E-state index contributed by atoms with van der Waals surface area (Å²) < 4.78 is 24.8. The zero-order valence-corrected chi connectivity index (χ0v) is 22.7. The average molecular weight is 553 g/mol. The Morgan fingerprint density at radius 3 is 2.48 bits per heavy atom. The predicted octanol–water partition coefficient (Wildman–Crippen LogP) is 4.04. The molecule has 3 aromatic rings. The number of carbonyl (C=O) groups is 2. The average Bonchev–Trinajstić information content (AvgIpc) is 3.34. The minimum Gasteiger partial charge on any atom is -0.506 e. The fourth-order valence-corrected chi connectivity index (χ4v) is 4.90. The number of fused-ring (bicyclic) bond motifs is 1. The minimum absolute atomic E-state index is 0.0445. The smallest absolute Gasteiger partial charge is 0.290 e. The Kier molecular flexibility index (Phi) is 10.3. The molecule has 4 rings (SSSR count). The van der Waals surface area contributed by atoms with Crippen molar-refractivity contribution in [3.63, 3.8) is 0 Å². The summed E-state index contributed by atoms with van der Waals surface area (Å²) in [5.74, 6) is -1.25. The van der Waals surface area contributed by atoms with Gasteiger partial charge in [-0.1, -0.05) is 30.3 Å². The van der Waals surface area contributed by atoms with Crippen LogP contribution in [0.15, 0.2) is 66.6 Å². The molecule has 0 spiro atoms. The molecule has 1 amide bonds.